The highest BCUT2D eigenvalue weighted by Gasteiger charge is 2.33. The highest BCUT2D eigenvalue weighted by atomic mass is 16.5. The van der Waals surface area contributed by atoms with E-state index in [4.69, 9.17) is 14.5 Å². The lowest BCUT2D eigenvalue weighted by atomic mass is 9.83. The van der Waals surface area contributed by atoms with Crippen molar-refractivity contribution < 1.29 is 9.47 Å². The summed E-state index contributed by atoms with van der Waals surface area (Å²) >= 11 is 0. The van der Waals surface area contributed by atoms with Crippen LogP contribution in [0.4, 0.5) is 0 Å². The predicted molar refractivity (Wildman–Crippen MR) is 108 cm³/mol. The summed E-state index contributed by atoms with van der Waals surface area (Å²) in [5, 5.41) is 6.84. The SMILES string of the molecule is CCNC(=NCC1(CCOC)CCCC1)NCCc1cccc(OC)c1. The highest BCUT2D eigenvalue weighted by molar-refractivity contribution is 5.79. The van der Waals surface area contributed by atoms with E-state index in [1.54, 1.807) is 14.2 Å². The summed E-state index contributed by atoms with van der Waals surface area (Å²) in [7, 11) is 3.49. The second kappa shape index (κ2) is 11.1. The van der Waals surface area contributed by atoms with Crippen LogP contribution < -0.4 is 15.4 Å². The monoisotopic (exact) mass is 361 g/mol. The van der Waals surface area contributed by atoms with Gasteiger partial charge in [0.15, 0.2) is 5.96 Å². The van der Waals surface area contributed by atoms with Gasteiger partial charge in [0.25, 0.3) is 0 Å². The van der Waals surface area contributed by atoms with E-state index in [1.807, 2.05) is 12.1 Å². The molecule has 0 aliphatic heterocycles. The zero-order chi connectivity index (χ0) is 18.7. The molecule has 0 spiro atoms. The Balaban J connectivity index is 1.88. The number of rotatable bonds is 10. The van der Waals surface area contributed by atoms with Gasteiger partial charge in [-0.15, -0.1) is 0 Å². The molecule has 0 aromatic heterocycles. The third-order valence-electron chi connectivity index (χ3n) is 5.26. The summed E-state index contributed by atoms with van der Waals surface area (Å²) in [6, 6.07) is 8.23. The van der Waals surface area contributed by atoms with Gasteiger partial charge in [0.05, 0.1) is 7.11 Å². The molecular formula is C21H35N3O2. The molecule has 1 saturated carbocycles. The number of nitrogens with zero attached hydrogens (tertiary/aromatic N) is 1. The fourth-order valence-electron chi connectivity index (χ4n) is 3.67. The third-order valence-corrected chi connectivity index (χ3v) is 5.26. The molecule has 1 aliphatic rings. The first-order chi connectivity index (χ1) is 12.7. The molecule has 0 atom stereocenters. The van der Waals surface area contributed by atoms with Gasteiger partial charge in [-0.05, 0) is 55.7 Å². The number of methoxy groups -OCH3 is 2. The first-order valence-corrected chi connectivity index (χ1v) is 9.85. The molecule has 2 rings (SSSR count). The van der Waals surface area contributed by atoms with Crippen molar-refractivity contribution in [1.29, 1.82) is 0 Å². The fraction of sp³-hybridized carbons (Fsp3) is 0.667. The lowest BCUT2D eigenvalue weighted by molar-refractivity contribution is 0.141. The van der Waals surface area contributed by atoms with Gasteiger partial charge in [-0.25, -0.2) is 0 Å². The molecule has 146 valence electrons. The maximum atomic E-state index is 5.33. The summed E-state index contributed by atoms with van der Waals surface area (Å²) in [5.41, 5.74) is 1.59. The van der Waals surface area contributed by atoms with Crippen LogP contribution in [0.2, 0.25) is 0 Å². The van der Waals surface area contributed by atoms with E-state index in [2.05, 4.69) is 29.7 Å². The summed E-state index contributed by atoms with van der Waals surface area (Å²) in [6.07, 6.45) is 7.22. The van der Waals surface area contributed by atoms with Crippen molar-refractivity contribution in [3.05, 3.63) is 29.8 Å². The lowest BCUT2D eigenvalue weighted by Crippen LogP contribution is -2.39. The van der Waals surface area contributed by atoms with Crippen LogP contribution in [0.15, 0.2) is 29.3 Å². The Labute approximate surface area is 158 Å². The highest BCUT2D eigenvalue weighted by Crippen LogP contribution is 2.41. The van der Waals surface area contributed by atoms with Crippen LogP contribution in [0, 0.1) is 5.41 Å². The van der Waals surface area contributed by atoms with E-state index in [0.29, 0.717) is 5.41 Å². The Bertz CT molecular complexity index is 554. The Kier molecular flexibility index (Phi) is 8.75. The largest absolute Gasteiger partial charge is 0.497 e. The Hall–Kier alpha value is -1.75. The number of hydrogen-bond acceptors (Lipinski definition) is 3. The molecule has 0 heterocycles. The van der Waals surface area contributed by atoms with Crippen LogP contribution in [-0.4, -0.2) is 46.4 Å². The van der Waals surface area contributed by atoms with E-state index in [9.17, 15) is 0 Å². The van der Waals surface area contributed by atoms with E-state index in [-0.39, 0.29) is 0 Å². The van der Waals surface area contributed by atoms with Gasteiger partial charge in [-0.1, -0.05) is 25.0 Å². The molecule has 0 radical (unpaired) electrons. The molecular weight excluding hydrogens is 326 g/mol. The Morgan fingerprint density at radius 1 is 1.19 bits per heavy atom. The van der Waals surface area contributed by atoms with Gasteiger partial charge in [-0.3, -0.25) is 4.99 Å². The van der Waals surface area contributed by atoms with Gasteiger partial charge in [0.1, 0.15) is 5.75 Å². The molecule has 5 nitrogen and oxygen atoms in total. The van der Waals surface area contributed by atoms with Crippen molar-refractivity contribution in [1.82, 2.24) is 10.6 Å². The minimum Gasteiger partial charge on any atom is -0.497 e. The molecule has 1 fully saturated rings. The van der Waals surface area contributed by atoms with Gasteiger partial charge >= 0.3 is 0 Å². The van der Waals surface area contributed by atoms with Crippen molar-refractivity contribution in [2.24, 2.45) is 10.4 Å². The van der Waals surface area contributed by atoms with Gasteiger partial charge < -0.3 is 20.1 Å². The van der Waals surface area contributed by atoms with Crippen molar-refractivity contribution in [2.45, 2.75) is 45.4 Å². The second-order valence-corrected chi connectivity index (χ2v) is 7.17. The fourth-order valence-corrected chi connectivity index (χ4v) is 3.67. The molecule has 0 saturated heterocycles. The molecule has 1 aliphatic carbocycles. The number of aliphatic imine (C=N–C) groups is 1. The van der Waals surface area contributed by atoms with Crippen molar-refractivity contribution >= 4 is 5.96 Å². The first-order valence-electron chi connectivity index (χ1n) is 9.85. The number of guanidine groups is 1. The first kappa shape index (κ1) is 20.6. The van der Waals surface area contributed by atoms with Crippen molar-refractivity contribution in [3.8, 4) is 5.75 Å². The molecule has 26 heavy (non-hydrogen) atoms. The number of benzene rings is 1. The summed E-state index contributed by atoms with van der Waals surface area (Å²) < 4.78 is 10.6. The number of nitrogens with one attached hydrogen (secondary N) is 2. The zero-order valence-electron chi connectivity index (χ0n) is 16.6. The normalized spacial score (nSPS) is 16.5. The Morgan fingerprint density at radius 3 is 2.69 bits per heavy atom. The standard InChI is InChI=1S/C21H35N3O2/c1-4-22-20(23-14-10-18-8-7-9-19(16-18)26-3)24-17-21(13-15-25-2)11-5-6-12-21/h7-9,16H,4-6,10-15,17H2,1-3H3,(H2,22,23,24). The Morgan fingerprint density at radius 2 is 2.00 bits per heavy atom. The minimum absolute atomic E-state index is 0.325. The maximum absolute atomic E-state index is 5.33. The van der Waals surface area contributed by atoms with E-state index in [0.717, 1.165) is 50.8 Å². The average Bonchev–Trinajstić information content (AvgIpc) is 3.14. The molecule has 0 unspecified atom stereocenters. The van der Waals surface area contributed by atoms with Crippen LogP contribution in [0.5, 0.6) is 5.75 Å². The maximum Gasteiger partial charge on any atom is 0.191 e. The number of ether oxygens (including phenoxy) is 2. The van der Waals surface area contributed by atoms with Crippen molar-refractivity contribution in [2.75, 3.05) is 40.5 Å². The van der Waals surface area contributed by atoms with Gasteiger partial charge in [0.2, 0.25) is 0 Å². The average molecular weight is 362 g/mol. The molecule has 0 amide bonds. The predicted octanol–water partition coefficient (Wildman–Crippen LogP) is 3.39. The third kappa shape index (κ3) is 6.52. The number of hydrogen-bond donors (Lipinski definition) is 2. The van der Waals surface area contributed by atoms with E-state index < -0.39 is 0 Å². The van der Waals surface area contributed by atoms with Gasteiger partial charge in [-0.2, -0.15) is 0 Å². The van der Waals surface area contributed by atoms with Gasteiger partial charge in [0, 0.05) is 33.4 Å². The smallest absolute Gasteiger partial charge is 0.191 e. The van der Waals surface area contributed by atoms with E-state index in [1.165, 1.54) is 31.2 Å². The van der Waals surface area contributed by atoms with Crippen LogP contribution in [-0.2, 0) is 11.2 Å². The van der Waals surface area contributed by atoms with Crippen LogP contribution in [0.1, 0.15) is 44.6 Å². The quantitative estimate of drug-likeness (QED) is 0.495. The molecule has 5 heteroatoms. The molecule has 0 bridgehead atoms. The zero-order valence-corrected chi connectivity index (χ0v) is 16.6. The van der Waals surface area contributed by atoms with Crippen LogP contribution in [0.3, 0.4) is 0 Å². The lowest BCUT2D eigenvalue weighted by Gasteiger charge is -2.27. The summed E-state index contributed by atoms with van der Waals surface area (Å²) in [4.78, 5) is 4.90. The molecule has 1 aromatic carbocycles. The second-order valence-electron chi connectivity index (χ2n) is 7.17. The van der Waals surface area contributed by atoms with Crippen LogP contribution >= 0.6 is 0 Å². The molecule has 1 aromatic rings. The van der Waals surface area contributed by atoms with Crippen LogP contribution in [0.25, 0.3) is 0 Å². The minimum atomic E-state index is 0.325. The molecule has 2 N–H and O–H groups in total. The van der Waals surface area contributed by atoms with E-state index >= 15 is 0 Å². The topological polar surface area (TPSA) is 54.9 Å². The van der Waals surface area contributed by atoms with Crippen molar-refractivity contribution in [3.63, 3.8) is 0 Å². The summed E-state index contributed by atoms with van der Waals surface area (Å²) in [6.45, 7) is 5.54. The summed E-state index contributed by atoms with van der Waals surface area (Å²) in [5.74, 6) is 1.82.